The summed E-state index contributed by atoms with van der Waals surface area (Å²) in [6.07, 6.45) is -4.69. The van der Waals surface area contributed by atoms with E-state index in [2.05, 4.69) is 9.97 Å². The minimum atomic E-state index is -4.69. The molecule has 1 saturated heterocycles. The zero-order valence-corrected chi connectivity index (χ0v) is 14.2. The molecule has 132 valence electrons. The lowest BCUT2D eigenvalue weighted by molar-refractivity contribution is -0.141. The van der Waals surface area contributed by atoms with Crippen molar-refractivity contribution in [2.45, 2.75) is 18.5 Å². The summed E-state index contributed by atoms with van der Waals surface area (Å²) in [5, 5.41) is -0.870. The summed E-state index contributed by atoms with van der Waals surface area (Å²) in [7, 11) is 0. The van der Waals surface area contributed by atoms with Crippen molar-refractivity contribution in [3.63, 3.8) is 0 Å². The molecule has 1 atom stereocenters. The van der Waals surface area contributed by atoms with Crippen LogP contribution in [-0.4, -0.2) is 21.6 Å². The molecule has 3 rings (SSSR count). The van der Waals surface area contributed by atoms with Gasteiger partial charge in [-0.15, -0.1) is 11.8 Å². The van der Waals surface area contributed by atoms with Crippen LogP contribution >= 0.6 is 23.4 Å². The zero-order valence-electron chi connectivity index (χ0n) is 12.6. The van der Waals surface area contributed by atoms with Gasteiger partial charge in [-0.2, -0.15) is 13.2 Å². The van der Waals surface area contributed by atoms with Crippen molar-refractivity contribution in [1.82, 2.24) is 9.97 Å². The maximum atomic E-state index is 14.2. The van der Waals surface area contributed by atoms with Crippen molar-refractivity contribution in [2.24, 2.45) is 0 Å². The second-order valence-corrected chi connectivity index (χ2v) is 6.73. The van der Waals surface area contributed by atoms with Crippen LogP contribution in [0.1, 0.15) is 22.3 Å². The van der Waals surface area contributed by atoms with Crippen LogP contribution in [0.5, 0.6) is 0 Å². The molecular weight excluding hydrogens is 382 g/mol. The smallest absolute Gasteiger partial charge is 0.273 e. The Kier molecular flexibility index (Phi) is 4.63. The summed E-state index contributed by atoms with van der Waals surface area (Å²) < 4.78 is 53.2. The number of nitrogens with zero attached hydrogens (tertiary/aromatic N) is 3. The predicted molar refractivity (Wildman–Crippen MR) is 85.9 cm³/mol. The van der Waals surface area contributed by atoms with Crippen LogP contribution < -0.4 is 4.90 Å². The topological polar surface area (TPSA) is 46.1 Å². The monoisotopic (exact) mass is 391 g/mol. The predicted octanol–water partition coefficient (Wildman–Crippen LogP) is 4.37. The van der Waals surface area contributed by atoms with Crippen molar-refractivity contribution in [2.75, 3.05) is 10.7 Å². The van der Waals surface area contributed by atoms with Crippen LogP contribution in [0.2, 0.25) is 5.02 Å². The number of alkyl halides is 3. The highest BCUT2D eigenvalue weighted by Crippen LogP contribution is 2.44. The Labute approximate surface area is 149 Å². The number of aryl methyl sites for hydroxylation is 1. The molecule has 0 aliphatic carbocycles. The first-order valence-electron chi connectivity index (χ1n) is 6.99. The normalized spacial score (nSPS) is 18.1. The maximum Gasteiger partial charge on any atom is 0.433 e. The van der Waals surface area contributed by atoms with E-state index in [4.69, 9.17) is 11.6 Å². The Morgan fingerprint density at radius 1 is 1.32 bits per heavy atom. The zero-order chi connectivity index (χ0) is 18.4. The molecule has 25 heavy (non-hydrogen) atoms. The molecule has 1 amide bonds. The molecule has 10 heteroatoms. The van der Waals surface area contributed by atoms with Gasteiger partial charge in [-0.3, -0.25) is 9.69 Å². The van der Waals surface area contributed by atoms with Gasteiger partial charge in [0.2, 0.25) is 11.9 Å². The molecular formula is C15H10ClF4N3OS. The second kappa shape index (κ2) is 6.45. The van der Waals surface area contributed by atoms with Gasteiger partial charge in [0.05, 0.1) is 5.75 Å². The molecule has 1 aromatic heterocycles. The Morgan fingerprint density at radius 2 is 2.04 bits per heavy atom. The number of anilines is 1. The first-order chi connectivity index (χ1) is 11.7. The number of hydrogen-bond acceptors (Lipinski definition) is 4. The molecule has 0 saturated carbocycles. The number of amides is 1. The molecule has 0 spiro atoms. The van der Waals surface area contributed by atoms with Crippen molar-refractivity contribution in [1.29, 1.82) is 0 Å². The molecule has 1 fully saturated rings. The summed E-state index contributed by atoms with van der Waals surface area (Å²) in [6, 6.07) is 4.79. The SMILES string of the molecule is Cc1cc(C(F)(F)F)nc(N2C(=O)CSC2c2c(F)cccc2Cl)n1. The minimum absolute atomic E-state index is 0.0127. The lowest BCUT2D eigenvalue weighted by Crippen LogP contribution is -2.31. The van der Waals surface area contributed by atoms with Crippen molar-refractivity contribution in [3.8, 4) is 0 Å². The van der Waals surface area contributed by atoms with E-state index in [1.165, 1.54) is 25.1 Å². The number of rotatable bonds is 2. The van der Waals surface area contributed by atoms with Crippen molar-refractivity contribution >= 4 is 35.2 Å². The second-order valence-electron chi connectivity index (χ2n) is 5.25. The summed E-state index contributed by atoms with van der Waals surface area (Å²) in [4.78, 5) is 20.6. The van der Waals surface area contributed by atoms with E-state index in [-0.39, 0.29) is 22.0 Å². The van der Waals surface area contributed by atoms with E-state index in [1.54, 1.807) is 0 Å². The Bertz CT molecular complexity index is 826. The fourth-order valence-electron chi connectivity index (χ4n) is 2.41. The largest absolute Gasteiger partial charge is 0.433 e. The van der Waals surface area contributed by atoms with E-state index >= 15 is 0 Å². The van der Waals surface area contributed by atoms with Gasteiger partial charge in [0.15, 0.2) is 0 Å². The standard InChI is InChI=1S/C15H10ClF4N3OS/c1-7-5-10(15(18,19)20)22-14(21-7)23-11(24)6-25-13(23)12-8(16)3-2-4-9(12)17/h2-5,13H,6H2,1H3. The van der Waals surface area contributed by atoms with Gasteiger partial charge in [0, 0.05) is 16.3 Å². The third-order valence-corrected chi connectivity index (χ3v) is 4.97. The van der Waals surface area contributed by atoms with Crippen LogP contribution in [0, 0.1) is 12.7 Å². The van der Waals surface area contributed by atoms with Gasteiger partial charge in [-0.25, -0.2) is 14.4 Å². The van der Waals surface area contributed by atoms with Crippen molar-refractivity contribution in [3.05, 3.63) is 52.1 Å². The quantitative estimate of drug-likeness (QED) is 0.713. The highest BCUT2D eigenvalue weighted by atomic mass is 35.5. The van der Waals surface area contributed by atoms with Gasteiger partial charge in [0.1, 0.15) is 16.9 Å². The van der Waals surface area contributed by atoms with Crippen LogP contribution in [0.15, 0.2) is 24.3 Å². The first kappa shape index (κ1) is 17.9. The number of halogens is 5. The number of benzene rings is 1. The Morgan fingerprint density at radius 3 is 2.68 bits per heavy atom. The Hall–Kier alpha value is -1.87. The molecule has 4 nitrogen and oxygen atoms in total. The summed E-state index contributed by atoms with van der Waals surface area (Å²) in [6.45, 7) is 1.36. The van der Waals surface area contributed by atoms with Crippen LogP contribution in [0.4, 0.5) is 23.5 Å². The Balaban J connectivity index is 2.11. The number of carbonyl (C=O) groups excluding carboxylic acids is 1. The first-order valence-corrected chi connectivity index (χ1v) is 8.41. The van der Waals surface area contributed by atoms with Crippen LogP contribution in [0.3, 0.4) is 0 Å². The van der Waals surface area contributed by atoms with E-state index < -0.39 is 34.9 Å². The molecule has 2 heterocycles. The maximum absolute atomic E-state index is 14.2. The fraction of sp³-hybridized carbons (Fsp3) is 0.267. The van der Waals surface area contributed by atoms with E-state index in [0.29, 0.717) is 0 Å². The summed E-state index contributed by atoms with van der Waals surface area (Å²) in [5.41, 5.74) is -1.11. The average molecular weight is 392 g/mol. The van der Waals surface area contributed by atoms with Crippen LogP contribution in [0.25, 0.3) is 0 Å². The summed E-state index contributed by atoms with van der Waals surface area (Å²) >= 11 is 7.08. The van der Waals surface area contributed by atoms with Gasteiger partial charge in [-0.1, -0.05) is 17.7 Å². The molecule has 1 aliphatic heterocycles. The van der Waals surface area contributed by atoms with Crippen LogP contribution in [-0.2, 0) is 11.0 Å². The minimum Gasteiger partial charge on any atom is -0.273 e. The van der Waals surface area contributed by atoms with E-state index in [9.17, 15) is 22.4 Å². The third kappa shape index (κ3) is 3.43. The van der Waals surface area contributed by atoms with Gasteiger partial charge in [-0.05, 0) is 25.1 Å². The van der Waals surface area contributed by atoms with Gasteiger partial charge in [0.25, 0.3) is 0 Å². The lowest BCUT2D eigenvalue weighted by atomic mass is 10.2. The van der Waals surface area contributed by atoms with Crippen molar-refractivity contribution < 1.29 is 22.4 Å². The third-order valence-electron chi connectivity index (χ3n) is 3.46. The lowest BCUT2D eigenvalue weighted by Gasteiger charge is -2.24. The molecule has 1 aromatic carbocycles. The average Bonchev–Trinajstić information content (AvgIpc) is 2.87. The van der Waals surface area contributed by atoms with E-state index in [0.717, 1.165) is 22.7 Å². The highest BCUT2D eigenvalue weighted by Gasteiger charge is 2.40. The number of carbonyl (C=O) groups is 1. The summed E-state index contributed by atoms with van der Waals surface area (Å²) in [5.74, 6) is -1.65. The molecule has 1 unspecified atom stereocenters. The molecule has 0 radical (unpaired) electrons. The number of aromatic nitrogens is 2. The fourth-order valence-corrected chi connectivity index (χ4v) is 3.94. The number of hydrogen-bond donors (Lipinski definition) is 0. The molecule has 0 N–H and O–H groups in total. The van der Waals surface area contributed by atoms with Gasteiger partial charge < -0.3 is 0 Å². The molecule has 2 aromatic rings. The molecule has 1 aliphatic rings. The number of thioether (sulfide) groups is 1. The highest BCUT2D eigenvalue weighted by molar-refractivity contribution is 8.00. The van der Waals surface area contributed by atoms with Gasteiger partial charge >= 0.3 is 6.18 Å². The molecule has 0 bridgehead atoms. The van der Waals surface area contributed by atoms with E-state index in [1.807, 2.05) is 0 Å².